The second-order valence-corrected chi connectivity index (χ2v) is 6.07. The standard InChI is InChI=1S/C16H16Cl2N4O3/c17-12-8-20-22(16(25)15(12)18)10-14(24)21(7-6-13(19)23)9-11-4-2-1-3-5-11/h1-5,8H,6-7,9-10H2,(H2,19,23). The Morgan fingerprint density at radius 1 is 1.20 bits per heavy atom. The molecule has 0 fully saturated rings. The lowest BCUT2D eigenvalue weighted by atomic mass is 10.2. The quantitative estimate of drug-likeness (QED) is 0.783. The second-order valence-electron chi connectivity index (χ2n) is 5.29. The fourth-order valence-electron chi connectivity index (χ4n) is 2.13. The molecule has 2 aromatic rings. The molecule has 0 unspecified atom stereocenters. The van der Waals surface area contributed by atoms with Crippen LogP contribution in [0.4, 0.5) is 0 Å². The van der Waals surface area contributed by atoms with Crippen LogP contribution in [0.2, 0.25) is 10.0 Å². The average molecular weight is 383 g/mol. The molecule has 1 aromatic carbocycles. The van der Waals surface area contributed by atoms with Crippen molar-refractivity contribution in [1.82, 2.24) is 14.7 Å². The molecule has 2 N–H and O–H groups in total. The number of amides is 2. The zero-order valence-electron chi connectivity index (χ0n) is 13.2. The molecule has 25 heavy (non-hydrogen) atoms. The van der Waals surface area contributed by atoms with Crippen LogP contribution in [0.15, 0.2) is 41.3 Å². The number of hydrogen-bond donors (Lipinski definition) is 1. The number of aromatic nitrogens is 2. The van der Waals surface area contributed by atoms with E-state index in [0.717, 1.165) is 10.2 Å². The minimum absolute atomic E-state index is 0.0161. The summed E-state index contributed by atoms with van der Waals surface area (Å²) in [6, 6.07) is 9.26. The fourth-order valence-corrected chi connectivity index (χ4v) is 2.40. The van der Waals surface area contributed by atoms with Gasteiger partial charge in [-0.25, -0.2) is 4.68 Å². The molecular weight excluding hydrogens is 367 g/mol. The van der Waals surface area contributed by atoms with Gasteiger partial charge in [0.2, 0.25) is 11.8 Å². The van der Waals surface area contributed by atoms with E-state index in [1.807, 2.05) is 30.3 Å². The van der Waals surface area contributed by atoms with Crippen LogP contribution in [0, 0.1) is 0 Å². The summed E-state index contributed by atoms with van der Waals surface area (Å²) in [6.07, 6.45) is 1.21. The molecule has 1 aromatic heterocycles. The summed E-state index contributed by atoms with van der Waals surface area (Å²) in [5.74, 6) is -0.909. The highest BCUT2D eigenvalue weighted by atomic mass is 35.5. The van der Waals surface area contributed by atoms with E-state index >= 15 is 0 Å². The van der Waals surface area contributed by atoms with Crippen molar-refractivity contribution >= 4 is 35.0 Å². The molecule has 0 radical (unpaired) electrons. The molecule has 0 spiro atoms. The summed E-state index contributed by atoms with van der Waals surface area (Å²) in [4.78, 5) is 37.1. The molecule has 7 nitrogen and oxygen atoms in total. The maximum Gasteiger partial charge on any atom is 0.287 e. The Labute approximate surface area is 153 Å². The lowest BCUT2D eigenvalue weighted by Gasteiger charge is -2.22. The first-order valence-electron chi connectivity index (χ1n) is 7.39. The summed E-state index contributed by atoms with van der Waals surface area (Å²) in [5.41, 5.74) is 5.40. The number of nitrogens with two attached hydrogens (primary N) is 1. The number of carbonyl (C=O) groups excluding carboxylic acids is 2. The SMILES string of the molecule is NC(=O)CCN(Cc1ccccc1)C(=O)Cn1ncc(Cl)c(Cl)c1=O. The zero-order valence-corrected chi connectivity index (χ0v) is 14.7. The van der Waals surface area contributed by atoms with E-state index in [2.05, 4.69) is 5.10 Å². The highest BCUT2D eigenvalue weighted by molar-refractivity contribution is 6.41. The zero-order chi connectivity index (χ0) is 18.4. The molecule has 0 aliphatic carbocycles. The third-order valence-corrected chi connectivity index (χ3v) is 4.17. The van der Waals surface area contributed by atoms with Crippen LogP contribution < -0.4 is 11.3 Å². The predicted molar refractivity (Wildman–Crippen MR) is 94.2 cm³/mol. The van der Waals surface area contributed by atoms with Gasteiger partial charge in [0.1, 0.15) is 11.6 Å². The Bertz CT molecular complexity index is 824. The van der Waals surface area contributed by atoms with E-state index < -0.39 is 17.4 Å². The van der Waals surface area contributed by atoms with E-state index in [1.165, 1.54) is 11.1 Å². The average Bonchev–Trinajstić information content (AvgIpc) is 2.59. The number of rotatable bonds is 7. The van der Waals surface area contributed by atoms with Crippen molar-refractivity contribution in [2.45, 2.75) is 19.5 Å². The van der Waals surface area contributed by atoms with Crippen LogP contribution >= 0.6 is 23.2 Å². The van der Waals surface area contributed by atoms with Crippen molar-refractivity contribution < 1.29 is 9.59 Å². The minimum atomic E-state index is -0.655. The Morgan fingerprint density at radius 2 is 1.88 bits per heavy atom. The van der Waals surface area contributed by atoms with Gasteiger partial charge in [-0.15, -0.1) is 0 Å². The van der Waals surface area contributed by atoms with Crippen LogP contribution in [0.5, 0.6) is 0 Å². The van der Waals surface area contributed by atoms with Crippen LogP contribution in [-0.2, 0) is 22.7 Å². The van der Waals surface area contributed by atoms with E-state index in [4.69, 9.17) is 28.9 Å². The van der Waals surface area contributed by atoms with Crippen molar-refractivity contribution in [3.05, 3.63) is 62.5 Å². The van der Waals surface area contributed by atoms with Crippen molar-refractivity contribution in [2.24, 2.45) is 5.73 Å². The number of carbonyl (C=O) groups is 2. The normalized spacial score (nSPS) is 10.5. The van der Waals surface area contributed by atoms with Crippen molar-refractivity contribution in [1.29, 1.82) is 0 Å². The van der Waals surface area contributed by atoms with E-state index in [-0.39, 0.29) is 36.1 Å². The molecule has 132 valence electrons. The van der Waals surface area contributed by atoms with Crippen LogP contribution in [-0.4, -0.2) is 33.0 Å². The van der Waals surface area contributed by atoms with Gasteiger partial charge in [0.25, 0.3) is 5.56 Å². The second kappa shape index (κ2) is 8.64. The summed E-state index contributed by atoms with van der Waals surface area (Å²) >= 11 is 11.5. The van der Waals surface area contributed by atoms with E-state index in [9.17, 15) is 14.4 Å². The highest BCUT2D eigenvalue weighted by Gasteiger charge is 2.18. The number of benzene rings is 1. The molecular formula is C16H16Cl2N4O3. The van der Waals surface area contributed by atoms with Crippen LogP contribution in [0.25, 0.3) is 0 Å². The van der Waals surface area contributed by atoms with Gasteiger partial charge in [-0.2, -0.15) is 5.10 Å². The van der Waals surface area contributed by atoms with Crippen LogP contribution in [0.3, 0.4) is 0 Å². The van der Waals surface area contributed by atoms with E-state index in [1.54, 1.807) is 0 Å². The van der Waals surface area contributed by atoms with Gasteiger partial charge in [-0.1, -0.05) is 53.5 Å². The topological polar surface area (TPSA) is 98.3 Å². The molecule has 9 heteroatoms. The van der Waals surface area contributed by atoms with E-state index in [0.29, 0.717) is 0 Å². The smallest absolute Gasteiger partial charge is 0.287 e. The van der Waals surface area contributed by atoms with Crippen molar-refractivity contribution in [3.8, 4) is 0 Å². The maximum absolute atomic E-state index is 12.6. The Morgan fingerprint density at radius 3 is 2.52 bits per heavy atom. The lowest BCUT2D eigenvalue weighted by molar-refractivity contribution is -0.133. The molecule has 2 amide bonds. The third-order valence-electron chi connectivity index (χ3n) is 3.42. The predicted octanol–water partition coefficient (Wildman–Crippen LogP) is 1.45. The number of primary amides is 1. The third kappa shape index (κ3) is 5.30. The molecule has 2 rings (SSSR count). The summed E-state index contributed by atoms with van der Waals surface area (Å²) < 4.78 is 0.929. The Hall–Kier alpha value is -2.38. The fraction of sp³-hybridized carbons (Fsp3) is 0.250. The van der Waals surface area contributed by atoms with Crippen molar-refractivity contribution in [3.63, 3.8) is 0 Å². The minimum Gasteiger partial charge on any atom is -0.370 e. The van der Waals surface area contributed by atoms with Gasteiger partial charge < -0.3 is 10.6 Å². The van der Waals surface area contributed by atoms with Gasteiger partial charge in [0.05, 0.1) is 11.2 Å². The number of nitrogens with zero attached hydrogens (tertiary/aromatic N) is 3. The van der Waals surface area contributed by atoms with Gasteiger partial charge in [-0.3, -0.25) is 14.4 Å². The van der Waals surface area contributed by atoms with Crippen LogP contribution in [0.1, 0.15) is 12.0 Å². The van der Waals surface area contributed by atoms with Gasteiger partial charge in [0.15, 0.2) is 0 Å². The van der Waals surface area contributed by atoms with Gasteiger partial charge in [-0.05, 0) is 5.56 Å². The Kier molecular flexibility index (Phi) is 6.55. The molecule has 0 aliphatic heterocycles. The molecule has 0 atom stereocenters. The first-order chi connectivity index (χ1) is 11.9. The van der Waals surface area contributed by atoms with Crippen molar-refractivity contribution in [2.75, 3.05) is 6.54 Å². The molecule has 1 heterocycles. The molecule has 0 bridgehead atoms. The monoisotopic (exact) mass is 382 g/mol. The lowest BCUT2D eigenvalue weighted by Crippen LogP contribution is -2.38. The number of hydrogen-bond acceptors (Lipinski definition) is 4. The summed E-state index contributed by atoms with van der Waals surface area (Å²) in [7, 11) is 0. The summed E-state index contributed by atoms with van der Waals surface area (Å²) in [6.45, 7) is 0.101. The molecule has 0 saturated carbocycles. The first-order valence-corrected chi connectivity index (χ1v) is 8.15. The van der Waals surface area contributed by atoms with Gasteiger partial charge in [0, 0.05) is 19.5 Å². The summed E-state index contributed by atoms with van der Waals surface area (Å²) in [5, 5.41) is 3.63. The molecule has 0 aliphatic rings. The molecule has 0 saturated heterocycles. The maximum atomic E-state index is 12.6. The van der Waals surface area contributed by atoms with Gasteiger partial charge >= 0.3 is 0 Å². The first kappa shape index (κ1) is 19.0. The number of halogens is 2. The Balaban J connectivity index is 2.18. The largest absolute Gasteiger partial charge is 0.370 e. The highest BCUT2D eigenvalue weighted by Crippen LogP contribution is 2.14.